The predicted octanol–water partition coefficient (Wildman–Crippen LogP) is 4.49. The van der Waals surface area contributed by atoms with E-state index in [0.717, 1.165) is 30.5 Å². The summed E-state index contributed by atoms with van der Waals surface area (Å²) in [5.41, 5.74) is 2.10. The van der Waals surface area contributed by atoms with Gasteiger partial charge in [-0.05, 0) is 44.0 Å². The SMILES string of the molecule is C=C(C)CCC(NCC)c1ccc(F)cc1Cl. The van der Waals surface area contributed by atoms with Gasteiger partial charge in [-0.1, -0.05) is 30.2 Å². The van der Waals surface area contributed by atoms with Gasteiger partial charge in [0, 0.05) is 11.1 Å². The topological polar surface area (TPSA) is 12.0 Å². The summed E-state index contributed by atoms with van der Waals surface area (Å²) < 4.78 is 13.0. The highest BCUT2D eigenvalue weighted by Crippen LogP contribution is 2.27. The first kappa shape index (κ1) is 14.2. The van der Waals surface area contributed by atoms with Crippen molar-refractivity contribution in [3.8, 4) is 0 Å². The number of hydrogen-bond acceptors (Lipinski definition) is 1. The number of nitrogens with one attached hydrogen (secondary N) is 1. The van der Waals surface area contributed by atoms with Crippen LogP contribution in [0.4, 0.5) is 4.39 Å². The lowest BCUT2D eigenvalue weighted by atomic mass is 9.99. The first-order chi connectivity index (χ1) is 8.04. The van der Waals surface area contributed by atoms with Crippen LogP contribution in [0.3, 0.4) is 0 Å². The minimum absolute atomic E-state index is 0.157. The molecule has 0 aliphatic carbocycles. The second-order valence-electron chi connectivity index (χ2n) is 4.27. The molecule has 1 rings (SSSR count). The van der Waals surface area contributed by atoms with Crippen molar-refractivity contribution in [3.05, 3.63) is 46.8 Å². The minimum atomic E-state index is -0.297. The van der Waals surface area contributed by atoms with E-state index in [0.29, 0.717) is 5.02 Å². The van der Waals surface area contributed by atoms with Gasteiger partial charge in [-0.15, -0.1) is 6.58 Å². The van der Waals surface area contributed by atoms with Crippen molar-refractivity contribution >= 4 is 11.6 Å². The molecule has 0 saturated carbocycles. The van der Waals surface area contributed by atoms with Crippen molar-refractivity contribution in [1.82, 2.24) is 5.32 Å². The van der Waals surface area contributed by atoms with Crippen LogP contribution in [0.25, 0.3) is 0 Å². The Morgan fingerprint density at radius 3 is 2.76 bits per heavy atom. The summed E-state index contributed by atoms with van der Waals surface area (Å²) >= 11 is 6.07. The molecular weight excluding hydrogens is 237 g/mol. The third kappa shape index (κ3) is 4.49. The molecule has 0 aliphatic heterocycles. The Balaban J connectivity index is 2.84. The van der Waals surface area contributed by atoms with E-state index < -0.39 is 0 Å². The Morgan fingerprint density at radius 2 is 2.24 bits per heavy atom. The largest absolute Gasteiger partial charge is 0.310 e. The average Bonchev–Trinajstić information content (AvgIpc) is 2.24. The lowest BCUT2D eigenvalue weighted by molar-refractivity contribution is 0.513. The average molecular weight is 256 g/mol. The number of benzene rings is 1. The van der Waals surface area contributed by atoms with E-state index in [1.54, 1.807) is 6.07 Å². The van der Waals surface area contributed by atoms with E-state index in [4.69, 9.17) is 11.6 Å². The van der Waals surface area contributed by atoms with Gasteiger partial charge in [-0.3, -0.25) is 0 Å². The normalized spacial score (nSPS) is 12.5. The van der Waals surface area contributed by atoms with Gasteiger partial charge in [0.1, 0.15) is 5.82 Å². The third-order valence-electron chi connectivity index (χ3n) is 2.65. The molecule has 3 heteroatoms. The predicted molar refractivity (Wildman–Crippen MR) is 71.9 cm³/mol. The second kappa shape index (κ2) is 6.77. The molecule has 0 radical (unpaired) electrons. The van der Waals surface area contributed by atoms with Crippen molar-refractivity contribution in [1.29, 1.82) is 0 Å². The van der Waals surface area contributed by atoms with Crippen LogP contribution < -0.4 is 5.32 Å². The van der Waals surface area contributed by atoms with Crippen molar-refractivity contribution in [2.45, 2.75) is 32.7 Å². The van der Waals surface area contributed by atoms with Crippen LogP contribution in [0.5, 0.6) is 0 Å². The fraction of sp³-hybridized carbons (Fsp3) is 0.429. The second-order valence-corrected chi connectivity index (χ2v) is 4.68. The van der Waals surface area contributed by atoms with E-state index in [1.807, 2.05) is 13.8 Å². The summed E-state index contributed by atoms with van der Waals surface area (Å²) in [6.45, 7) is 8.81. The molecule has 1 aromatic carbocycles. The number of halogens is 2. The van der Waals surface area contributed by atoms with Crippen LogP contribution in [0.15, 0.2) is 30.4 Å². The fourth-order valence-electron chi connectivity index (χ4n) is 1.79. The first-order valence-corrected chi connectivity index (χ1v) is 6.25. The molecule has 17 heavy (non-hydrogen) atoms. The van der Waals surface area contributed by atoms with Crippen LogP contribution >= 0.6 is 11.6 Å². The molecule has 0 aliphatic rings. The van der Waals surface area contributed by atoms with Crippen molar-refractivity contribution in [2.24, 2.45) is 0 Å². The van der Waals surface area contributed by atoms with Crippen molar-refractivity contribution in [2.75, 3.05) is 6.54 Å². The zero-order valence-corrected chi connectivity index (χ0v) is 11.1. The van der Waals surface area contributed by atoms with Gasteiger partial charge in [0.15, 0.2) is 0 Å². The molecule has 0 fully saturated rings. The van der Waals surface area contributed by atoms with E-state index in [1.165, 1.54) is 12.1 Å². The zero-order valence-electron chi connectivity index (χ0n) is 10.4. The van der Waals surface area contributed by atoms with Gasteiger partial charge < -0.3 is 5.32 Å². The number of allylic oxidation sites excluding steroid dienone is 1. The van der Waals surface area contributed by atoms with Gasteiger partial charge >= 0.3 is 0 Å². The molecule has 0 heterocycles. The zero-order chi connectivity index (χ0) is 12.8. The van der Waals surface area contributed by atoms with Gasteiger partial charge in [0.25, 0.3) is 0 Å². The molecular formula is C14H19ClFN. The fourth-order valence-corrected chi connectivity index (χ4v) is 2.09. The lowest BCUT2D eigenvalue weighted by Crippen LogP contribution is -2.21. The Bertz CT molecular complexity index is 390. The Hall–Kier alpha value is -0.860. The van der Waals surface area contributed by atoms with E-state index in [2.05, 4.69) is 11.9 Å². The third-order valence-corrected chi connectivity index (χ3v) is 2.98. The van der Waals surface area contributed by atoms with Gasteiger partial charge in [-0.25, -0.2) is 4.39 Å². The Morgan fingerprint density at radius 1 is 1.53 bits per heavy atom. The standard InChI is InChI=1S/C14H19ClFN/c1-4-17-14(8-5-10(2)3)12-7-6-11(16)9-13(12)15/h6-7,9,14,17H,2,4-5,8H2,1,3H3. The monoisotopic (exact) mass is 255 g/mol. The summed E-state index contributed by atoms with van der Waals surface area (Å²) in [4.78, 5) is 0. The number of hydrogen-bond donors (Lipinski definition) is 1. The summed E-state index contributed by atoms with van der Waals surface area (Å²) in [5.74, 6) is -0.297. The number of rotatable bonds is 6. The maximum Gasteiger partial charge on any atom is 0.124 e. The van der Waals surface area contributed by atoms with Gasteiger partial charge in [0.05, 0.1) is 0 Å². The van der Waals surface area contributed by atoms with Crippen molar-refractivity contribution in [3.63, 3.8) is 0 Å². The van der Waals surface area contributed by atoms with E-state index >= 15 is 0 Å². The van der Waals surface area contributed by atoms with E-state index in [-0.39, 0.29) is 11.9 Å². The first-order valence-electron chi connectivity index (χ1n) is 5.87. The molecule has 0 bridgehead atoms. The maximum absolute atomic E-state index is 13.0. The Labute approximate surface area is 108 Å². The molecule has 0 amide bonds. The molecule has 1 aromatic rings. The highest BCUT2D eigenvalue weighted by atomic mass is 35.5. The molecule has 1 N–H and O–H groups in total. The summed E-state index contributed by atoms with van der Waals surface area (Å²) in [6, 6.07) is 4.72. The van der Waals surface area contributed by atoms with Crippen LogP contribution in [-0.4, -0.2) is 6.54 Å². The highest BCUT2D eigenvalue weighted by molar-refractivity contribution is 6.31. The molecule has 1 atom stereocenters. The van der Waals surface area contributed by atoms with Gasteiger partial charge in [0.2, 0.25) is 0 Å². The maximum atomic E-state index is 13.0. The summed E-state index contributed by atoms with van der Waals surface area (Å²) in [7, 11) is 0. The molecule has 1 unspecified atom stereocenters. The highest BCUT2D eigenvalue weighted by Gasteiger charge is 2.13. The van der Waals surface area contributed by atoms with Crippen LogP contribution in [0.2, 0.25) is 5.02 Å². The minimum Gasteiger partial charge on any atom is -0.310 e. The Kier molecular flexibility index (Phi) is 5.66. The summed E-state index contributed by atoms with van der Waals surface area (Å²) in [6.07, 6.45) is 1.86. The molecule has 0 spiro atoms. The van der Waals surface area contributed by atoms with Crippen LogP contribution in [0.1, 0.15) is 38.3 Å². The summed E-state index contributed by atoms with van der Waals surface area (Å²) in [5, 5.41) is 3.85. The lowest BCUT2D eigenvalue weighted by Gasteiger charge is -2.19. The van der Waals surface area contributed by atoms with Crippen molar-refractivity contribution < 1.29 is 4.39 Å². The molecule has 0 saturated heterocycles. The molecule has 94 valence electrons. The quantitative estimate of drug-likeness (QED) is 0.739. The van der Waals surface area contributed by atoms with Crippen LogP contribution in [0, 0.1) is 5.82 Å². The van der Waals surface area contributed by atoms with Crippen LogP contribution in [-0.2, 0) is 0 Å². The molecule has 0 aromatic heterocycles. The smallest absolute Gasteiger partial charge is 0.124 e. The van der Waals surface area contributed by atoms with E-state index in [9.17, 15) is 4.39 Å². The van der Waals surface area contributed by atoms with Gasteiger partial charge in [-0.2, -0.15) is 0 Å². The molecule has 1 nitrogen and oxygen atoms in total.